The van der Waals surface area contributed by atoms with Crippen molar-refractivity contribution in [1.82, 2.24) is 0 Å². The summed E-state index contributed by atoms with van der Waals surface area (Å²) in [5.41, 5.74) is 2.24. The molecule has 2 aliphatic carbocycles. The first-order chi connectivity index (χ1) is 11.8. The van der Waals surface area contributed by atoms with Crippen molar-refractivity contribution in [3.8, 4) is 0 Å². The van der Waals surface area contributed by atoms with E-state index in [1.54, 1.807) is 24.3 Å². The quantitative estimate of drug-likeness (QED) is 0.436. The van der Waals surface area contributed by atoms with Crippen LogP contribution in [0.1, 0.15) is 65.4 Å². The van der Waals surface area contributed by atoms with Gasteiger partial charge in [0.2, 0.25) is 0 Å². The molecule has 0 aromatic heterocycles. The van der Waals surface area contributed by atoms with Gasteiger partial charge in [0, 0.05) is 22.3 Å². The Morgan fingerprint density at radius 1 is 0.680 bits per heavy atom. The first kappa shape index (κ1) is 16.3. The molecule has 0 saturated carbocycles. The maximum absolute atomic E-state index is 11.9. The van der Waals surface area contributed by atoms with E-state index in [0.29, 0.717) is 33.4 Å². The summed E-state index contributed by atoms with van der Waals surface area (Å²) >= 11 is 1.83. The van der Waals surface area contributed by atoms with Crippen LogP contribution in [0, 0.1) is 0 Å². The van der Waals surface area contributed by atoms with Crippen LogP contribution in [0.15, 0.2) is 36.4 Å². The molecule has 2 aromatic rings. The normalized spacial score (nSPS) is 16.4. The molecule has 4 rings (SSSR count). The maximum atomic E-state index is 11.9. The molecule has 2 aliphatic rings. The SMILES string of the molecule is O=C1CC(=O)c2cc(C(O)(I)c3ccc4c(c3)C(=O)CC4=O)ccc21. The minimum Gasteiger partial charge on any atom is -0.371 e. The lowest BCUT2D eigenvalue weighted by atomic mass is 9.95. The van der Waals surface area contributed by atoms with Gasteiger partial charge in [-0.3, -0.25) is 19.2 Å². The molecule has 0 spiro atoms. The molecule has 6 heteroatoms. The van der Waals surface area contributed by atoms with E-state index in [1.165, 1.54) is 12.1 Å². The van der Waals surface area contributed by atoms with Crippen molar-refractivity contribution in [2.24, 2.45) is 0 Å². The highest BCUT2D eigenvalue weighted by atomic mass is 127. The van der Waals surface area contributed by atoms with E-state index in [4.69, 9.17) is 0 Å². The number of ketones is 4. The van der Waals surface area contributed by atoms with Crippen molar-refractivity contribution in [3.63, 3.8) is 0 Å². The number of hydrogen-bond acceptors (Lipinski definition) is 5. The number of rotatable bonds is 2. The molecule has 124 valence electrons. The van der Waals surface area contributed by atoms with E-state index in [9.17, 15) is 24.3 Å². The molecule has 1 N–H and O–H groups in total. The standard InChI is InChI=1S/C19H11IO5/c20-19(25,9-1-3-11-13(5-9)17(23)7-15(11)21)10-2-4-12-14(6-10)18(24)8-16(12)22/h1-6,25H,7-8H2. The predicted octanol–water partition coefficient (Wildman–Crippen LogP) is 2.85. The summed E-state index contributed by atoms with van der Waals surface area (Å²) in [5, 5.41) is 11.0. The van der Waals surface area contributed by atoms with E-state index >= 15 is 0 Å². The van der Waals surface area contributed by atoms with Gasteiger partial charge < -0.3 is 5.11 Å². The minimum absolute atomic E-state index is 0.145. The second kappa shape index (κ2) is 5.40. The number of benzene rings is 2. The number of carbonyl (C=O) groups excluding carboxylic acids is 4. The first-order valence-electron chi connectivity index (χ1n) is 7.62. The van der Waals surface area contributed by atoms with Crippen LogP contribution in [0.3, 0.4) is 0 Å². The van der Waals surface area contributed by atoms with Crippen LogP contribution in [-0.4, -0.2) is 28.2 Å². The number of halogens is 1. The van der Waals surface area contributed by atoms with E-state index in [1.807, 2.05) is 22.6 Å². The van der Waals surface area contributed by atoms with Gasteiger partial charge in [-0.2, -0.15) is 0 Å². The number of alkyl halides is 1. The fraction of sp³-hybridized carbons (Fsp3) is 0.158. The predicted molar refractivity (Wildman–Crippen MR) is 96.5 cm³/mol. The van der Waals surface area contributed by atoms with Gasteiger partial charge in [-0.1, -0.05) is 24.3 Å². The zero-order valence-corrected chi connectivity index (χ0v) is 15.0. The number of carbonyl (C=O) groups is 4. The third kappa shape index (κ3) is 2.39. The summed E-state index contributed by atoms with van der Waals surface area (Å²) in [4.78, 5) is 47.4. The third-order valence-electron chi connectivity index (χ3n) is 4.65. The molecular weight excluding hydrogens is 435 g/mol. The zero-order chi connectivity index (χ0) is 17.9. The smallest absolute Gasteiger partial charge is 0.171 e. The molecular formula is C19H11IO5. The minimum atomic E-state index is -1.50. The van der Waals surface area contributed by atoms with E-state index in [-0.39, 0.29) is 36.0 Å². The monoisotopic (exact) mass is 446 g/mol. The Bertz CT molecular complexity index is 923. The fourth-order valence-corrected chi connectivity index (χ4v) is 3.96. The highest BCUT2D eigenvalue weighted by molar-refractivity contribution is 14.1. The second-order valence-corrected chi connectivity index (χ2v) is 7.75. The summed E-state index contributed by atoms with van der Waals surface area (Å²) in [6, 6.07) is 9.33. The van der Waals surface area contributed by atoms with E-state index < -0.39 is 3.61 Å². The molecule has 0 fully saturated rings. The van der Waals surface area contributed by atoms with Gasteiger partial charge in [-0.25, -0.2) is 0 Å². The highest BCUT2D eigenvalue weighted by Crippen LogP contribution is 2.40. The van der Waals surface area contributed by atoms with Crippen LogP contribution in [0.4, 0.5) is 0 Å². The van der Waals surface area contributed by atoms with Gasteiger partial charge >= 0.3 is 0 Å². The van der Waals surface area contributed by atoms with Crippen LogP contribution >= 0.6 is 22.6 Å². The Balaban J connectivity index is 1.81. The molecule has 0 bridgehead atoms. The molecule has 25 heavy (non-hydrogen) atoms. The molecule has 0 heterocycles. The average molecular weight is 446 g/mol. The van der Waals surface area contributed by atoms with Crippen molar-refractivity contribution >= 4 is 45.7 Å². The molecule has 0 amide bonds. The van der Waals surface area contributed by atoms with Crippen molar-refractivity contribution in [3.05, 3.63) is 69.8 Å². The summed E-state index contributed by atoms with van der Waals surface area (Å²) < 4.78 is -1.50. The van der Waals surface area contributed by atoms with Crippen LogP contribution in [0.5, 0.6) is 0 Å². The molecule has 0 aliphatic heterocycles. The van der Waals surface area contributed by atoms with Gasteiger partial charge in [-0.05, 0) is 45.9 Å². The molecule has 0 saturated heterocycles. The highest BCUT2D eigenvalue weighted by Gasteiger charge is 2.35. The lowest BCUT2D eigenvalue weighted by Crippen LogP contribution is -2.20. The van der Waals surface area contributed by atoms with Crippen molar-refractivity contribution in [2.45, 2.75) is 16.4 Å². The van der Waals surface area contributed by atoms with Crippen LogP contribution in [0.25, 0.3) is 0 Å². The lowest BCUT2D eigenvalue weighted by Gasteiger charge is -2.23. The van der Waals surface area contributed by atoms with Crippen molar-refractivity contribution in [1.29, 1.82) is 0 Å². The summed E-state index contributed by atoms with van der Waals surface area (Å²) in [6.45, 7) is 0. The molecule has 0 radical (unpaired) electrons. The molecule has 5 nitrogen and oxygen atoms in total. The number of Topliss-reactive ketones (excluding diaryl/α,β-unsaturated/α-hetero) is 4. The van der Waals surface area contributed by atoms with Crippen LogP contribution < -0.4 is 0 Å². The van der Waals surface area contributed by atoms with Crippen LogP contribution in [0.2, 0.25) is 0 Å². The van der Waals surface area contributed by atoms with Gasteiger partial charge in [0.1, 0.15) is 0 Å². The van der Waals surface area contributed by atoms with Gasteiger partial charge in [0.25, 0.3) is 0 Å². The number of fused-ring (bicyclic) bond motifs is 2. The summed E-state index contributed by atoms with van der Waals surface area (Å²) in [5.74, 6) is -0.956. The summed E-state index contributed by atoms with van der Waals surface area (Å²) in [6.07, 6.45) is -0.290. The molecule has 2 aromatic carbocycles. The Morgan fingerprint density at radius 3 is 1.44 bits per heavy atom. The van der Waals surface area contributed by atoms with Gasteiger partial charge in [-0.15, -0.1) is 0 Å². The maximum Gasteiger partial charge on any atom is 0.171 e. The number of aliphatic hydroxyl groups is 1. The number of hydrogen-bond donors (Lipinski definition) is 1. The van der Waals surface area contributed by atoms with Crippen molar-refractivity contribution in [2.75, 3.05) is 0 Å². The first-order valence-corrected chi connectivity index (χ1v) is 8.70. The Hall–Kier alpha value is -2.19. The van der Waals surface area contributed by atoms with E-state index in [2.05, 4.69) is 0 Å². The lowest BCUT2D eigenvalue weighted by molar-refractivity contribution is 0.0906. The average Bonchev–Trinajstić information content (AvgIpc) is 3.03. The van der Waals surface area contributed by atoms with Gasteiger partial charge in [0.15, 0.2) is 26.7 Å². The Labute approximate surface area is 156 Å². The van der Waals surface area contributed by atoms with E-state index in [0.717, 1.165) is 0 Å². The zero-order valence-electron chi connectivity index (χ0n) is 12.8. The fourth-order valence-electron chi connectivity index (χ4n) is 3.29. The Morgan fingerprint density at radius 2 is 1.04 bits per heavy atom. The third-order valence-corrected chi connectivity index (χ3v) is 5.89. The second-order valence-electron chi connectivity index (χ2n) is 6.19. The van der Waals surface area contributed by atoms with Crippen LogP contribution in [-0.2, 0) is 3.61 Å². The molecule has 0 unspecified atom stereocenters. The molecule has 0 atom stereocenters. The summed E-state index contributed by atoms with van der Waals surface area (Å²) in [7, 11) is 0. The largest absolute Gasteiger partial charge is 0.371 e. The van der Waals surface area contributed by atoms with Crippen molar-refractivity contribution < 1.29 is 24.3 Å². The Kier molecular flexibility index (Phi) is 3.52. The topological polar surface area (TPSA) is 88.5 Å². The van der Waals surface area contributed by atoms with Gasteiger partial charge in [0.05, 0.1) is 12.8 Å².